The molecule has 1 aliphatic rings. The van der Waals surface area contributed by atoms with E-state index in [1.165, 1.54) is 96.3 Å². The van der Waals surface area contributed by atoms with E-state index < -0.39 is 0 Å². The third-order valence-electron chi connectivity index (χ3n) is 4.66. The lowest BCUT2D eigenvalue weighted by Crippen LogP contribution is -2.64. The topological polar surface area (TPSA) is 108 Å². The molecule has 0 aromatic rings. The van der Waals surface area contributed by atoms with E-state index in [0.29, 0.717) is 0 Å². The standard InChI is InChI=1S/C17H43N9/c1-2-4-6-8-10-12-14-16-18-20-22-24-26-25-23-21-19-17-15-13-11-9-7-5-3-1/h18-26H,1-17H2. The smallest absolute Gasteiger partial charge is 0.0113 e. The fourth-order valence-corrected chi connectivity index (χ4v) is 3.09. The van der Waals surface area contributed by atoms with Crippen molar-refractivity contribution in [1.82, 2.24) is 49.6 Å². The molecule has 1 aliphatic heterocycles. The van der Waals surface area contributed by atoms with Gasteiger partial charge in [0.1, 0.15) is 0 Å². The van der Waals surface area contributed by atoms with Crippen molar-refractivity contribution in [2.75, 3.05) is 13.1 Å². The van der Waals surface area contributed by atoms with Crippen LogP contribution >= 0.6 is 0 Å². The van der Waals surface area contributed by atoms with Crippen LogP contribution in [0.15, 0.2) is 0 Å². The summed E-state index contributed by atoms with van der Waals surface area (Å²) in [5.41, 5.74) is 25.7. The van der Waals surface area contributed by atoms with Crippen LogP contribution < -0.4 is 49.6 Å². The Morgan fingerprint density at radius 2 is 0.462 bits per heavy atom. The van der Waals surface area contributed by atoms with Gasteiger partial charge in [-0.1, -0.05) is 83.5 Å². The summed E-state index contributed by atoms with van der Waals surface area (Å²) in [4.78, 5) is 0. The average molecular weight is 374 g/mol. The molecule has 0 radical (unpaired) electrons. The van der Waals surface area contributed by atoms with Crippen molar-refractivity contribution in [3.8, 4) is 0 Å². The molecule has 0 unspecified atom stereocenters. The maximum atomic E-state index is 3.11. The Morgan fingerprint density at radius 1 is 0.231 bits per heavy atom. The van der Waals surface area contributed by atoms with Crippen LogP contribution in [0.3, 0.4) is 0 Å². The SMILES string of the molecule is C1CCCCCCCCNNNNNNNNNCCCCCCCC1. The van der Waals surface area contributed by atoms with Crippen LogP contribution in [0.4, 0.5) is 0 Å². The van der Waals surface area contributed by atoms with Crippen molar-refractivity contribution in [3.05, 3.63) is 0 Å². The summed E-state index contributed by atoms with van der Waals surface area (Å²) in [5, 5.41) is 0. The molecule has 0 bridgehead atoms. The lowest BCUT2D eigenvalue weighted by molar-refractivity contribution is 0.242. The molecule has 9 nitrogen and oxygen atoms in total. The van der Waals surface area contributed by atoms with Gasteiger partial charge in [-0.3, -0.25) is 0 Å². The average Bonchev–Trinajstić information content (AvgIpc) is 2.65. The summed E-state index contributed by atoms with van der Waals surface area (Å²) in [5.74, 6) is 0. The summed E-state index contributed by atoms with van der Waals surface area (Å²) in [7, 11) is 0. The summed E-state index contributed by atoms with van der Waals surface area (Å²) < 4.78 is 0. The first-order chi connectivity index (χ1) is 13.0. The lowest BCUT2D eigenvalue weighted by atomic mass is 10.0. The number of hydrogen-bond donors (Lipinski definition) is 9. The van der Waals surface area contributed by atoms with Gasteiger partial charge in [0.25, 0.3) is 0 Å². The zero-order chi connectivity index (χ0) is 18.4. The Labute approximate surface area is 159 Å². The van der Waals surface area contributed by atoms with Crippen LogP contribution in [0.5, 0.6) is 0 Å². The maximum absolute atomic E-state index is 3.11. The van der Waals surface area contributed by atoms with Crippen LogP contribution in [0, 0.1) is 0 Å². The second-order valence-electron chi connectivity index (χ2n) is 7.03. The largest absolute Gasteiger partial charge is 0.243 e. The highest BCUT2D eigenvalue weighted by molar-refractivity contribution is 4.51. The van der Waals surface area contributed by atoms with E-state index in [4.69, 9.17) is 0 Å². The first-order valence-corrected chi connectivity index (χ1v) is 10.7. The molecule has 1 saturated heterocycles. The Bertz CT molecular complexity index is 146. The van der Waals surface area contributed by atoms with E-state index >= 15 is 0 Å². The van der Waals surface area contributed by atoms with Crippen LogP contribution in [0.1, 0.15) is 96.3 Å². The normalized spacial score (nSPS) is 24.0. The van der Waals surface area contributed by atoms with Gasteiger partial charge in [0, 0.05) is 13.1 Å². The zero-order valence-electron chi connectivity index (χ0n) is 16.5. The first kappa shape index (κ1) is 23.7. The van der Waals surface area contributed by atoms with Gasteiger partial charge in [-0.2, -0.15) is 38.7 Å². The summed E-state index contributed by atoms with van der Waals surface area (Å²) in [6.45, 7) is 1.90. The van der Waals surface area contributed by atoms with E-state index in [1.54, 1.807) is 0 Å². The molecule has 9 N–H and O–H groups in total. The van der Waals surface area contributed by atoms with Crippen LogP contribution in [0.25, 0.3) is 0 Å². The fourth-order valence-electron chi connectivity index (χ4n) is 3.09. The Morgan fingerprint density at radius 3 is 0.769 bits per heavy atom. The molecule has 0 atom stereocenters. The Kier molecular flexibility index (Phi) is 19.1. The highest BCUT2D eigenvalue weighted by Gasteiger charge is 1.95. The van der Waals surface area contributed by atoms with Gasteiger partial charge in [0.15, 0.2) is 0 Å². The molecule has 1 rings (SSSR count). The molecule has 9 heteroatoms. The predicted molar refractivity (Wildman–Crippen MR) is 107 cm³/mol. The molecule has 0 aromatic carbocycles. The van der Waals surface area contributed by atoms with E-state index in [2.05, 4.69) is 49.6 Å². The number of nitrogens with one attached hydrogen (secondary N) is 9. The molecule has 1 heterocycles. The van der Waals surface area contributed by atoms with Crippen molar-refractivity contribution in [3.63, 3.8) is 0 Å². The van der Waals surface area contributed by atoms with Crippen LogP contribution in [-0.4, -0.2) is 13.1 Å². The predicted octanol–water partition coefficient (Wildman–Crippen LogP) is 1.48. The van der Waals surface area contributed by atoms with Gasteiger partial charge in [0.05, 0.1) is 0 Å². The second-order valence-corrected chi connectivity index (χ2v) is 7.03. The first-order valence-electron chi connectivity index (χ1n) is 10.7. The Hall–Kier alpha value is -0.360. The minimum Gasteiger partial charge on any atom is -0.243 e. The van der Waals surface area contributed by atoms with Gasteiger partial charge in [0.2, 0.25) is 0 Å². The molecule has 156 valence electrons. The maximum Gasteiger partial charge on any atom is 0.0113 e. The summed E-state index contributed by atoms with van der Waals surface area (Å²) in [6.07, 6.45) is 20.4. The highest BCUT2D eigenvalue weighted by atomic mass is 15.9. The van der Waals surface area contributed by atoms with Crippen molar-refractivity contribution in [1.29, 1.82) is 0 Å². The third kappa shape index (κ3) is 18.4. The molecule has 26 heavy (non-hydrogen) atoms. The van der Waals surface area contributed by atoms with Crippen molar-refractivity contribution >= 4 is 0 Å². The minimum absolute atomic E-state index is 0.950. The van der Waals surface area contributed by atoms with Crippen molar-refractivity contribution in [2.45, 2.75) is 96.3 Å². The molecular formula is C17H43N9. The van der Waals surface area contributed by atoms with E-state index in [9.17, 15) is 0 Å². The lowest BCUT2D eigenvalue weighted by Gasteiger charge is -2.13. The third-order valence-corrected chi connectivity index (χ3v) is 4.66. The quantitative estimate of drug-likeness (QED) is 0.312. The number of rotatable bonds is 0. The number of hydrazine groups is 8. The fraction of sp³-hybridized carbons (Fsp3) is 1.00. The van der Waals surface area contributed by atoms with E-state index in [-0.39, 0.29) is 0 Å². The van der Waals surface area contributed by atoms with Gasteiger partial charge >= 0.3 is 0 Å². The molecule has 0 spiro atoms. The molecular weight excluding hydrogens is 330 g/mol. The van der Waals surface area contributed by atoms with Gasteiger partial charge < -0.3 is 0 Å². The molecule has 0 amide bonds. The molecule has 1 fully saturated rings. The van der Waals surface area contributed by atoms with Crippen LogP contribution in [0.2, 0.25) is 0 Å². The second kappa shape index (κ2) is 20.9. The van der Waals surface area contributed by atoms with Gasteiger partial charge in [-0.05, 0) is 12.8 Å². The molecule has 0 aliphatic carbocycles. The van der Waals surface area contributed by atoms with Gasteiger partial charge in [-0.25, -0.2) is 10.9 Å². The monoisotopic (exact) mass is 373 g/mol. The highest BCUT2D eigenvalue weighted by Crippen LogP contribution is 2.13. The van der Waals surface area contributed by atoms with E-state index in [1.807, 2.05) is 0 Å². The van der Waals surface area contributed by atoms with E-state index in [0.717, 1.165) is 13.1 Å². The summed E-state index contributed by atoms with van der Waals surface area (Å²) in [6, 6.07) is 0. The molecule has 0 saturated carbocycles. The zero-order valence-corrected chi connectivity index (χ0v) is 16.5. The van der Waals surface area contributed by atoms with Crippen molar-refractivity contribution in [2.24, 2.45) is 0 Å². The number of hydrogen-bond acceptors (Lipinski definition) is 9. The minimum atomic E-state index is 0.950. The van der Waals surface area contributed by atoms with Gasteiger partial charge in [-0.15, -0.1) is 0 Å². The molecule has 0 aromatic heterocycles. The van der Waals surface area contributed by atoms with Crippen LogP contribution in [-0.2, 0) is 0 Å². The summed E-state index contributed by atoms with van der Waals surface area (Å²) >= 11 is 0. The van der Waals surface area contributed by atoms with Crippen molar-refractivity contribution < 1.29 is 0 Å². The Balaban J connectivity index is 2.00.